The number of fused-ring (bicyclic) bond motifs is 1. The highest BCUT2D eigenvalue weighted by Gasteiger charge is 2.47. The minimum atomic E-state index is -4.48. The fourth-order valence-corrected chi connectivity index (χ4v) is 4.84. The third-order valence-corrected chi connectivity index (χ3v) is 6.14. The maximum atomic E-state index is 16.3. The molecule has 0 saturated carbocycles. The number of esters is 1. The van der Waals surface area contributed by atoms with Crippen molar-refractivity contribution in [1.82, 2.24) is 9.29 Å². The number of hydrogen-bond acceptors (Lipinski definition) is 6. The van der Waals surface area contributed by atoms with Gasteiger partial charge in [0.05, 0.1) is 32.5 Å². The van der Waals surface area contributed by atoms with E-state index in [0.717, 1.165) is 15.5 Å². The van der Waals surface area contributed by atoms with Crippen molar-refractivity contribution in [3.05, 3.63) is 70.8 Å². The van der Waals surface area contributed by atoms with Crippen LogP contribution in [0.4, 0.5) is 8.63 Å². The first-order valence-electron chi connectivity index (χ1n) is 11.0. The van der Waals surface area contributed by atoms with Crippen LogP contribution in [0, 0.1) is 6.92 Å². The number of phenolic OH excluding ortho intramolecular Hbond substituents is 1. The number of methoxy groups -OCH3 is 3. The van der Waals surface area contributed by atoms with E-state index in [0.29, 0.717) is 22.3 Å². The van der Waals surface area contributed by atoms with Crippen molar-refractivity contribution >= 4 is 18.5 Å². The van der Waals surface area contributed by atoms with Gasteiger partial charge < -0.3 is 37.2 Å². The molecule has 10 heteroatoms. The summed E-state index contributed by atoms with van der Waals surface area (Å²) in [5.74, 6) is -0.917. The minimum Gasteiger partial charge on any atom is -0.508 e. The fourth-order valence-electron chi connectivity index (χ4n) is 4.84. The van der Waals surface area contributed by atoms with E-state index in [-0.39, 0.29) is 39.9 Å². The van der Waals surface area contributed by atoms with Crippen LogP contribution in [0.15, 0.2) is 42.8 Å². The van der Waals surface area contributed by atoms with E-state index in [2.05, 4.69) is 13.2 Å². The summed E-state index contributed by atoms with van der Waals surface area (Å²) in [5, 5.41) is 10.2. The number of rotatable bonds is 7. The molecule has 2 heterocycles. The number of aromatic nitrogens is 1. The molecule has 2 aromatic rings. The molecule has 1 aromatic heterocycles. The smallest absolute Gasteiger partial charge is 0.508 e. The van der Waals surface area contributed by atoms with Gasteiger partial charge in [-0.05, 0) is 37.1 Å². The standard InChI is InChI=1S/C25H30BF2N2O5/c1-10-29-22(13(2)3)21(20-17(33-7)11-16(31)12-18(20)34-8)24-15(6)19(25(32)35-9)23(14(4)5)30(24)26(29,27)28/h10-12,14,31H,1-2H2,3-9H3/q-1. The van der Waals surface area contributed by atoms with E-state index < -0.39 is 18.9 Å². The topological polar surface area (TPSA) is 73.2 Å². The summed E-state index contributed by atoms with van der Waals surface area (Å²) in [6, 6.07) is 2.73. The number of aromatic hydroxyl groups is 1. The summed E-state index contributed by atoms with van der Waals surface area (Å²) >= 11 is 0. The van der Waals surface area contributed by atoms with Crippen molar-refractivity contribution in [2.75, 3.05) is 21.3 Å². The molecule has 0 radical (unpaired) electrons. The Morgan fingerprint density at radius 2 is 1.71 bits per heavy atom. The Labute approximate surface area is 203 Å². The van der Waals surface area contributed by atoms with Gasteiger partial charge in [0.1, 0.15) is 17.2 Å². The van der Waals surface area contributed by atoms with Gasteiger partial charge >= 0.3 is 12.9 Å². The Hall–Kier alpha value is -3.69. The van der Waals surface area contributed by atoms with Gasteiger partial charge in [0.2, 0.25) is 0 Å². The highest BCUT2D eigenvalue weighted by molar-refractivity contribution is 6.63. The van der Waals surface area contributed by atoms with Crippen LogP contribution in [0.3, 0.4) is 0 Å². The van der Waals surface area contributed by atoms with Crippen molar-refractivity contribution in [1.29, 1.82) is 0 Å². The molecule has 0 spiro atoms. The maximum Gasteiger partial charge on any atom is 0.533 e. The zero-order valence-corrected chi connectivity index (χ0v) is 21.0. The highest BCUT2D eigenvalue weighted by atomic mass is 19.2. The van der Waals surface area contributed by atoms with Crippen LogP contribution in [0.25, 0.3) is 5.57 Å². The van der Waals surface area contributed by atoms with Gasteiger partial charge in [0.25, 0.3) is 0 Å². The molecule has 1 aliphatic heterocycles. The van der Waals surface area contributed by atoms with E-state index in [1.807, 2.05) is 0 Å². The van der Waals surface area contributed by atoms with Crippen LogP contribution in [0.5, 0.6) is 17.2 Å². The molecule has 35 heavy (non-hydrogen) atoms. The number of carbonyl (C=O) groups excluding carboxylic acids is 1. The highest BCUT2D eigenvalue weighted by Crippen LogP contribution is 2.51. The zero-order valence-electron chi connectivity index (χ0n) is 21.0. The average molecular weight is 487 g/mol. The number of carbonyl (C=O) groups is 1. The van der Waals surface area contributed by atoms with Crippen molar-refractivity contribution in [3.8, 4) is 17.2 Å². The summed E-state index contributed by atoms with van der Waals surface area (Å²) in [5.41, 5.74) is 1.67. The van der Waals surface area contributed by atoms with Gasteiger partial charge in [-0.1, -0.05) is 27.0 Å². The Balaban J connectivity index is 2.71. The first-order valence-corrected chi connectivity index (χ1v) is 11.0. The lowest BCUT2D eigenvalue weighted by Gasteiger charge is -2.48. The molecule has 0 atom stereocenters. The molecule has 0 amide bonds. The molecule has 0 saturated heterocycles. The third kappa shape index (κ3) is 3.77. The number of allylic oxidation sites excluding steroid dienone is 1. The van der Waals surface area contributed by atoms with Gasteiger partial charge in [-0.3, -0.25) is 0 Å². The molecule has 1 aromatic carbocycles. The molecule has 0 bridgehead atoms. The van der Waals surface area contributed by atoms with Crippen LogP contribution in [0.1, 0.15) is 59.6 Å². The van der Waals surface area contributed by atoms with Crippen LogP contribution < -0.4 is 9.47 Å². The number of nitrogens with zero attached hydrogens (tertiary/aromatic N) is 2. The second-order valence-electron chi connectivity index (χ2n) is 8.66. The number of phenols is 1. The van der Waals surface area contributed by atoms with Crippen LogP contribution in [0.2, 0.25) is 0 Å². The Bertz CT molecular complexity index is 1240. The second kappa shape index (κ2) is 9.17. The van der Waals surface area contributed by atoms with Gasteiger partial charge in [0, 0.05) is 34.8 Å². The van der Waals surface area contributed by atoms with E-state index >= 15 is 8.63 Å². The molecular formula is C25H30BF2N2O5-. The number of hydrogen-bond donors (Lipinski definition) is 1. The number of benzene rings is 1. The van der Waals surface area contributed by atoms with Gasteiger partial charge in [-0.15, -0.1) is 0 Å². The summed E-state index contributed by atoms with van der Waals surface area (Å²) < 4.78 is 49.6. The monoisotopic (exact) mass is 487 g/mol. The van der Waals surface area contributed by atoms with Gasteiger partial charge in [-0.25, -0.2) is 4.79 Å². The number of ether oxygens (including phenoxy) is 3. The fraction of sp³-hybridized carbons (Fsp3) is 0.320. The summed E-state index contributed by atoms with van der Waals surface area (Å²) in [4.78, 5) is 13.6. The second-order valence-corrected chi connectivity index (χ2v) is 8.66. The lowest BCUT2D eigenvalue weighted by Crippen LogP contribution is -2.54. The predicted octanol–water partition coefficient (Wildman–Crippen LogP) is 5.45. The van der Waals surface area contributed by atoms with E-state index in [1.54, 1.807) is 27.7 Å². The molecule has 7 nitrogen and oxygen atoms in total. The zero-order chi connectivity index (χ0) is 26.4. The predicted molar refractivity (Wildman–Crippen MR) is 132 cm³/mol. The first-order chi connectivity index (χ1) is 16.4. The minimum absolute atomic E-state index is 0.0697. The van der Waals surface area contributed by atoms with Crippen molar-refractivity contribution in [2.45, 2.75) is 33.6 Å². The van der Waals surface area contributed by atoms with Gasteiger partial charge in [0.15, 0.2) is 0 Å². The summed E-state index contributed by atoms with van der Waals surface area (Å²) in [6.07, 6.45) is 1.05. The quantitative estimate of drug-likeness (QED) is 0.414. The van der Waals surface area contributed by atoms with Crippen LogP contribution in [-0.2, 0) is 4.74 Å². The molecule has 0 fully saturated rings. The van der Waals surface area contributed by atoms with E-state index in [4.69, 9.17) is 14.2 Å². The van der Waals surface area contributed by atoms with Crippen molar-refractivity contribution < 1.29 is 32.7 Å². The largest absolute Gasteiger partial charge is 0.533 e. The average Bonchev–Trinajstić information content (AvgIpc) is 3.12. The van der Waals surface area contributed by atoms with Crippen LogP contribution >= 0.6 is 0 Å². The molecule has 1 N–H and O–H groups in total. The molecule has 0 aliphatic carbocycles. The number of halogens is 2. The van der Waals surface area contributed by atoms with E-state index in [9.17, 15) is 9.90 Å². The van der Waals surface area contributed by atoms with Gasteiger partial charge in [-0.2, -0.15) is 0 Å². The summed E-state index contributed by atoms with van der Waals surface area (Å²) in [6.45, 7) is 9.81. The van der Waals surface area contributed by atoms with Crippen molar-refractivity contribution in [3.63, 3.8) is 0 Å². The first kappa shape index (κ1) is 25.9. The molecule has 188 valence electrons. The lowest BCUT2D eigenvalue weighted by atomic mass is 9.81. The Morgan fingerprint density at radius 3 is 2.11 bits per heavy atom. The van der Waals surface area contributed by atoms with Crippen LogP contribution in [-0.4, -0.2) is 48.7 Å². The third-order valence-electron chi connectivity index (χ3n) is 6.14. The maximum absolute atomic E-state index is 16.3. The lowest BCUT2D eigenvalue weighted by molar-refractivity contribution is 0.0598. The normalized spacial score (nSPS) is 14.6. The van der Waals surface area contributed by atoms with E-state index in [1.165, 1.54) is 33.5 Å². The summed E-state index contributed by atoms with van der Waals surface area (Å²) in [7, 11) is 4.01. The SMILES string of the molecule is C=CN1C(C(=C)C)=C(c2c(OC)cc(O)cc2OC)c2c(C)c(C(=O)OC)c(C(C)C)n2[B-]1(F)F. The molecule has 0 unspecified atom stereocenters. The molecular weight excluding hydrogens is 457 g/mol. The molecule has 3 rings (SSSR count). The Morgan fingerprint density at radius 1 is 1.17 bits per heavy atom. The molecule has 1 aliphatic rings. The van der Waals surface area contributed by atoms with Crippen molar-refractivity contribution in [2.24, 2.45) is 0 Å². The Kier molecular flexibility index (Phi) is 6.79.